The van der Waals surface area contributed by atoms with Gasteiger partial charge in [0.2, 0.25) is 5.91 Å². The maximum absolute atomic E-state index is 13.8. The summed E-state index contributed by atoms with van der Waals surface area (Å²) in [4.78, 5) is 25.2. The zero-order valence-electron chi connectivity index (χ0n) is 12.7. The average Bonchev–Trinajstić information content (AvgIpc) is 2.96. The van der Waals surface area contributed by atoms with E-state index in [0.717, 1.165) is 0 Å². The molecule has 2 aromatic rings. The summed E-state index contributed by atoms with van der Waals surface area (Å²) in [5, 5.41) is 11.7. The fourth-order valence-corrected chi connectivity index (χ4v) is 2.71. The van der Waals surface area contributed by atoms with Crippen LogP contribution in [0.15, 0.2) is 48.5 Å². The molecule has 0 aliphatic carbocycles. The van der Waals surface area contributed by atoms with Gasteiger partial charge in [-0.15, -0.1) is 0 Å². The first-order valence-electron chi connectivity index (χ1n) is 7.47. The first kappa shape index (κ1) is 15.9. The summed E-state index contributed by atoms with van der Waals surface area (Å²) in [5.74, 6) is -1.23. The summed E-state index contributed by atoms with van der Waals surface area (Å²) in [6.07, 6.45) is 0.548. The van der Waals surface area contributed by atoms with Crippen LogP contribution in [0, 0.1) is 5.82 Å². The van der Waals surface area contributed by atoms with E-state index in [1.54, 1.807) is 35.8 Å². The number of para-hydroxylation sites is 1. The molecule has 0 aromatic heterocycles. The van der Waals surface area contributed by atoms with Crippen molar-refractivity contribution in [3.63, 3.8) is 0 Å². The van der Waals surface area contributed by atoms with Crippen LogP contribution in [0.5, 0.6) is 0 Å². The Hall–Kier alpha value is -2.93. The molecule has 1 aliphatic rings. The number of carbonyl (C=O) groups excluding carboxylic acids is 2. The van der Waals surface area contributed by atoms with Crippen molar-refractivity contribution in [1.82, 2.24) is 5.48 Å². The van der Waals surface area contributed by atoms with Gasteiger partial charge in [-0.05, 0) is 42.8 Å². The van der Waals surface area contributed by atoms with E-state index >= 15 is 0 Å². The van der Waals surface area contributed by atoms with Crippen LogP contribution < -0.4 is 15.7 Å². The first-order chi connectivity index (χ1) is 11.6. The van der Waals surface area contributed by atoms with E-state index in [0.29, 0.717) is 24.2 Å². The topological polar surface area (TPSA) is 81.7 Å². The van der Waals surface area contributed by atoms with Crippen LogP contribution >= 0.6 is 0 Å². The summed E-state index contributed by atoms with van der Waals surface area (Å²) in [5.41, 5.74) is 2.80. The standard InChI is InChI=1S/C17H16FN3O3/c18-13-3-1-2-4-15(13)21-10-9-14(17(21)23)19-12-7-5-11(6-8-12)16(22)20-24/h1-8,14,19,24H,9-10H2,(H,20,22). The average molecular weight is 329 g/mol. The molecule has 1 aliphatic heterocycles. The maximum atomic E-state index is 13.8. The van der Waals surface area contributed by atoms with Gasteiger partial charge in [0.1, 0.15) is 11.9 Å². The van der Waals surface area contributed by atoms with Crippen LogP contribution in [0.4, 0.5) is 15.8 Å². The zero-order chi connectivity index (χ0) is 17.1. The summed E-state index contributed by atoms with van der Waals surface area (Å²) in [7, 11) is 0. The Morgan fingerprint density at radius 3 is 2.54 bits per heavy atom. The van der Waals surface area contributed by atoms with Gasteiger partial charge in [-0.2, -0.15) is 0 Å². The zero-order valence-corrected chi connectivity index (χ0v) is 12.7. The Balaban J connectivity index is 1.70. The van der Waals surface area contributed by atoms with Crippen molar-refractivity contribution in [3.8, 4) is 0 Å². The Kier molecular flexibility index (Phi) is 4.43. The third-order valence-corrected chi connectivity index (χ3v) is 3.94. The Morgan fingerprint density at radius 1 is 1.17 bits per heavy atom. The van der Waals surface area contributed by atoms with Gasteiger partial charge >= 0.3 is 0 Å². The number of anilines is 2. The molecule has 124 valence electrons. The second-order valence-electron chi connectivity index (χ2n) is 5.45. The summed E-state index contributed by atoms with van der Waals surface area (Å²) >= 11 is 0. The molecule has 6 nitrogen and oxygen atoms in total. The predicted octanol–water partition coefficient (Wildman–Crippen LogP) is 2.16. The van der Waals surface area contributed by atoms with Crippen molar-refractivity contribution in [1.29, 1.82) is 0 Å². The Morgan fingerprint density at radius 2 is 1.88 bits per heavy atom. The molecule has 1 atom stereocenters. The molecule has 0 saturated carbocycles. The Labute approximate surface area is 137 Å². The highest BCUT2D eigenvalue weighted by Gasteiger charge is 2.33. The molecule has 1 fully saturated rings. The third-order valence-electron chi connectivity index (χ3n) is 3.94. The number of hydrogen-bond acceptors (Lipinski definition) is 4. The lowest BCUT2D eigenvalue weighted by atomic mass is 10.1. The predicted molar refractivity (Wildman–Crippen MR) is 86.5 cm³/mol. The molecule has 2 amide bonds. The molecule has 0 radical (unpaired) electrons. The van der Waals surface area contributed by atoms with Gasteiger partial charge in [0, 0.05) is 17.8 Å². The normalized spacial score (nSPS) is 17.0. The molecule has 0 spiro atoms. The van der Waals surface area contributed by atoms with Gasteiger partial charge in [0.25, 0.3) is 5.91 Å². The van der Waals surface area contributed by atoms with Gasteiger partial charge in [-0.3, -0.25) is 14.8 Å². The van der Waals surface area contributed by atoms with E-state index < -0.39 is 17.8 Å². The van der Waals surface area contributed by atoms with Gasteiger partial charge in [0.05, 0.1) is 5.69 Å². The summed E-state index contributed by atoms with van der Waals surface area (Å²) in [6, 6.07) is 12.1. The number of benzene rings is 2. The monoisotopic (exact) mass is 329 g/mol. The highest BCUT2D eigenvalue weighted by atomic mass is 19.1. The molecule has 3 N–H and O–H groups in total. The smallest absolute Gasteiger partial charge is 0.274 e. The molecule has 3 rings (SSSR count). The number of rotatable bonds is 4. The van der Waals surface area contributed by atoms with Crippen molar-refractivity contribution in [3.05, 3.63) is 59.9 Å². The van der Waals surface area contributed by atoms with E-state index in [-0.39, 0.29) is 11.6 Å². The van der Waals surface area contributed by atoms with Crippen molar-refractivity contribution >= 4 is 23.2 Å². The molecule has 24 heavy (non-hydrogen) atoms. The van der Waals surface area contributed by atoms with Crippen LogP contribution in [-0.4, -0.2) is 29.6 Å². The Bertz CT molecular complexity index is 764. The maximum Gasteiger partial charge on any atom is 0.274 e. The lowest BCUT2D eigenvalue weighted by Gasteiger charge is -2.18. The summed E-state index contributed by atoms with van der Waals surface area (Å²) < 4.78 is 13.8. The van der Waals surface area contributed by atoms with Crippen LogP contribution in [0.25, 0.3) is 0 Å². The quantitative estimate of drug-likeness (QED) is 0.593. The molecular weight excluding hydrogens is 313 g/mol. The molecule has 1 saturated heterocycles. The van der Waals surface area contributed by atoms with Crippen molar-refractivity contribution in [2.45, 2.75) is 12.5 Å². The van der Waals surface area contributed by atoms with Gasteiger partial charge in [-0.1, -0.05) is 12.1 Å². The van der Waals surface area contributed by atoms with E-state index in [1.807, 2.05) is 0 Å². The fraction of sp³-hybridized carbons (Fsp3) is 0.176. The number of carbonyl (C=O) groups is 2. The van der Waals surface area contributed by atoms with Gasteiger partial charge in [0.15, 0.2) is 0 Å². The molecule has 1 unspecified atom stereocenters. The lowest BCUT2D eigenvalue weighted by Crippen LogP contribution is -2.33. The third kappa shape index (κ3) is 3.07. The first-order valence-corrected chi connectivity index (χ1v) is 7.47. The minimum atomic E-state index is -0.607. The minimum Gasteiger partial charge on any atom is -0.374 e. The molecule has 2 aromatic carbocycles. The SMILES string of the molecule is O=C(NO)c1ccc(NC2CCN(c3ccccc3F)C2=O)cc1. The van der Waals surface area contributed by atoms with Crippen molar-refractivity contribution in [2.24, 2.45) is 0 Å². The number of nitrogens with one attached hydrogen (secondary N) is 2. The fourth-order valence-electron chi connectivity index (χ4n) is 2.71. The molecule has 1 heterocycles. The number of hydrogen-bond donors (Lipinski definition) is 3. The van der Waals surface area contributed by atoms with Crippen LogP contribution in [0.1, 0.15) is 16.8 Å². The summed E-state index contributed by atoms with van der Waals surface area (Å²) in [6.45, 7) is 0.433. The highest BCUT2D eigenvalue weighted by Crippen LogP contribution is 2.26. The van der Waals surface area contributed by atoms with E-state index in [9.17, 15) is 14.0 Å². The van der Waals surface area contributed by atoms with Gasteiger partial charge < -0.3 is 10.2 Å². The second kappa shape index (κ2) is 6.67. The number of nitrogens with zero attached hydrogens (tertiary/aromatic N) is 1. The number of amides is 2. The molecular formula is C17H16FN3O3. The second-order valence-corrected chi connectivity index (χ2v) is 5.45. The number of hydroxylamine groups is 1. The highest BCUT2D eigenvalue weighted by molar-refractivity contribution is 6.01. The van der Waals surface area contributed by atoms with Crippen LogP contribution in [0.3, 0.4) is 0 Å². The minimum absolute atomic E-state index is 0.197. The van der Waals surface area contributed by atoms with E-state index in [2.05, 4.69) is 5.32 Å². The van der Waals surface area contributed by atoms with Crippen molar-refractivity contribution in [2.75, 3.05) is 16.8 Å². The lowest BCUT2D eigenvalue weighted by molar-refractivity contribution is -0.117. The van der Waals surface area contributed by atoms with E-state index in [1.165, 1.54) is 23.1 Å². The van der Waals surface area contributed by atoms with Gasteiger partial charge in [-0.25, -0.2) is 9.87 Å². The van der Waals surface area contributed by atoms with Crippen LogP contribution in [-0.2, 0) is 4.79 Å². The van der Waals surface area contributed by atoms with Crippen molar-refractivity contribution < 1.29 is 19.2 Å². The van der Waals surface area contributed by atoms with E-state index in [4.69, 9.17) is 5.21 Å². The number of halogens is 1. The van der Waals surface area contributed by atoms with Crippen LogP contribution in [0.2, 0.25) is 0 Å². The molecule has 7 heteroatoms. The molecule has 0 bridgehead atoms. The largest absolute Gasteiger partial charge is 0.374 e.